The molecule has 1 aliphatic rings. The average Bonchev–Trinajstić information content (AvgIpc) is 3.99. The lowest BCUT2D eigenvalue weighted by atomic mass is 9.91. The van der Waals surface area contributed by atoms with Crippen LogP contribution in [0, 0.1) is 0 Å². The second kappa shape index (κ2) is 16.4. The number of para-hydroxylation sites is 4. The molecule has 13 aromatic rings. The largest absolute Gasteiger partial charge is 0.453 e. The van der Waals surface area contributed by atoms with Crippen LogP contribution in [0.5, 0.6) is 11.5 Å². The highest BCUT2D eigenvalue weighted by atomic mass is 32.1. The van der Waals surface area contributed by atoms with Gasteiger partial charge in [0, 0.05) is 47.9 Å². The summed E-state index contributed by atoms with van der Waals surface area (Å²) in [5.74, 6) is 1.74. The van der Waals surface area contributed by atoms with E-state index < -0.39 is 0 Å². The molecule has 70 heavy (non-hydrogen) atoms. The van der Waals surface area contributed by atoms with Crippen molar-refractivity contribution in [1.29, 1.82) is 0 Å². The van der Waals surface area contributed by atoms with Gasteiger partial charge in [-0.1, -0.05) is 182 Å². The van der Waals surface area contributed by atoms with Crippen LogP contribution in [0.25, 0.3) is 103 Å². The number of anilines is 3. The Morgan fingerprint density at radius 1 is 0.343 bits per heavy atom. The van der Waals surface area contributed by atoms with Gasteiger partial charge in [0.1, 0.15) is 0 Å². The zero-order valence-corrected chi connectivity index (χ0v) is 38.8. The molecule has 1 aliphatic heterocycles. The van der Waals surface area contributed by atoms with Gasteiger partial charge in [-0.05, 0) is 123 Å². The van der Waals surface area contributed by atoms with Gasteiger partial charge in [-0.25, -0.2) is 0 Å². The highest BCUT2D eigenvalue weighted by molar-refractivity contribution is 7.26. The topological polar surface area (TPSA) is 17.4 Å². The van der Waals surface area contributed by atoms with Gasteiger partial charge in [-0.3, -0.25) is 0 Å². The van der Waals surface area contributed by atoms with Crippen molar-refractivity contribution >= 4 is 70.4 Å². The maximum Gasteiger partial charge on any atom is 0.152 e. The third-order valence-electron chi connectivity index (χ3n) is 14.0. The molecule has 0 amide bonds. The quantitative estimate of drug-likeness (QED) is 0.151. The fraction of sp³-hybridized carbons (Fsp3) is 0. The molecule has 4 heteroatoms. The van der Waals surface area contributed by atoms with Gasteiger partial charge in [-0.15, -0.1) is 11.3 Å². The van der Waals surface area contributed by atoms with Crippen LogP contribution in [0.4, 0.5) is 17.1 Å². The van der Waals surface area contributed by atoms with Crippen molar-refractivity contribution in [3.63, 3.8) is 0 Å². The molecular weight excluding hydrogens is 869 g/mol. The molecule has 0 spiro atoms. The van der Waals surface area contributed by atoms with Crippen molar-refractivity contribution in [2.24, 2.45) is 0 Å². The maximum atomic E-state index is 6.47. The first-order valence-electron chi connectivity index (χ1n) is 23.8. The van der Waals surface area contributed by atoms with Crippen LogP contribution >= 0.6 is 11.3 Å². The zero-order chi connectivity index (χ0) is 46.1. The number of fused-ring (bicyclic) bond motifs is 8. The molecule has 0 atom stereocenters. The normalized spacial score (nSPS) is 11.8. The Morgan fingerprint density at radius 2 is 0.929 bits per heavy atom. The monoisotopic (exact) mass is 910 g/mol. The third-order valence-corrected chi connectivity index (χ3v) is 15.2. The zero-order valence-electron chi connectivity index (χ0n) is 38.0. The summed E-state index contributed by atoms with van der Waals surface area (Å²) < 4.78 is 11.5. The highest BCUT2D eigenvalue weighted by Crippen LogP contribution is 2.48. The smallest absolute Gasteiger partial charge is 0.152 e. The average molecular weight is 911 g/mol. The summed E-state index contributed by atoms with van der Waals surface area (Å²) in [5, 5.41) is 4.97. The highest BCUT2D eigenvalue weighted by Gasteiger charge is 2.25. The van der Waals surface area contributed by atoms with Gasteiger partial charge in [0.2, 0.25) is 0 Å². The molecule has 3 nitrogen and oxygen atoms in total. The Morgan fingerprint density at radius 3 is 1.74 bits per heavy atom. The van der Waals surface area contributed by atoms with E-state index in [0.717, 1.165) is 62.0 Å². The van der Waals surface area contributed by atoms with Crippen LogP contribution in [-0.2, 0) is 0 Å². The van der Waals surface area contributed by atoms with Crippen LogP contribution in [0.2, 0.25) is 0 Å². The maximum absolute atomic E-state index is 6.47. The number of rotatable bonds is 8. The van der Waals surface area contributed by atoms with Gasteiger partial charge in [0.25, 0.3) is 0 Å². The van der Waals surface area contributed by atoms with Gasteiger partial charge in [-0.2, -0.15) is 0 Å². The lowest BCUT2D eigenvalue weighted by Gasteiger charge is -2.28. The van der Waals surface area contributed by atoms with E-state index in [4.69, 9.17) is 4.74 Å². The van der Waals surface area contributed by atoms with E-state index in [0.29, 0.717) is 0 Å². The number of benzene rings is 11. The fourth-order valence-corrected chi connectivity index (χ4v) is 12.0. The molecule has 14 rings (SSSR count). The minimum absolute atomic E-state index is 0.864. The van der Waals surface area contributed by atoms with E-state index in [9.17, 15) is 0 Å². The summed E-state index contributed by atoms with van der Waals surface area (Å²) in [6, 6.07) is 92.4. The van der Waals surface area contributed by atoms with Crippen molar-refractivity contribution in [3.05, 3.63) is 255 Å². The predicted octanol–water partition coefficient (Wildman–Crippen LogP) is 19.1. The van der Waals surface area contributed by atoms with Gasteiger partial charge in [0.15, 0.2) is 11.5 Å². The first-order chi connectivity index (χ1) is 34.7. The van der Waals surface area contributed by atoms with E-state index in [1.165, 1.54) is 69.9 Å². The number of thiophene rings is 1. The van der Waals surface area contributed by atoms with E-state index in [2.05, 4.69) is 258 Å². The number of hydrogen-bond acceptors (Lipinski definition) is 3. The van der Waals surface area contributed by atoms with E-state index in [-0.39, 0.29) is 0 Å². The summed E-state index contributed by atoms with van der Waals surface area (Å²) in [4.78, 5) is 2.42. The van der Waals surface area contributed by atoms with Crippen LogP contribution in [0.3, 0.4) is 0 Å². The summed E-state index contributed by atoms with van der Waals surface area (Å²) in [5.41, 5.74) is 18.4. The van der Waals surface area contributed by atoms with Gasteiger partial charge >= 0.3 is 0 Å². The number of hydrogen-bond donors (Lipinski definition) is 0. The van der Waals surface area contributed by atoms with Gasteiger partial charge in [0.05, 0.1) is 22.4 Å². The summed E-state index contributed by atoms with van der Waals surface area (Å²) in [6.07, 6.45) is 0. The lowest BCUT2D eigenvalue weighted by molar-refractivity contribution is 0.476. The van der Waals surface area contributed by atoms with Crippen molar-refractivity contribution in [2.75, 3.05) is 4.90 Å². The summed E-state index contributed by atoms with van der Waals surface area (Å²) in [7, 11) is 0. The Hall–Kier alpha value is -8.96. The molecule has 11 aromatic carbocycles. The second-order valence-corrected chi connectivity index (χ2v) is 19.1. The Balaban J connectivity index is 0.908. The SMILES string of the molecule is c1ccc(-c2ccc(-c3ccc(N(c4ccc(-c5cccc6c5sc5ccccc56)cc4)c4ccccc4-c4ccc5c(c4)c4cccc6c4n5-c4ccccc4O6)cc3)cc2-c2ccccc2)cc1. The van der Waals surface area contributed by atoms with Crippen LogP contribution in [0.1, 0.15) is 0 Å². The molecule has 0 radical (unpaired) electrons. The molecule has 0 bridgehead atoms. The molecular formula is C66H42N2OS. The van der Waals surface area contributed by atoms with Crippen LogP contribution in [0.15, 0.2) is 255 Å². The third kappa shape index (κ3) is 6.57. The first-order valence-corrected chi connectivity index (χ1v) is 24.6. The standard InChI is InChI=1S/C66H42N2OS/c1-3-15-44(16-4-1)51-39-33-47(41-57(51)45-17-5-2-6-18-45)43-29-35-49(36-30-43)67(50-37-31-46(32-38-50)53-21-13-23-56-54-20-8-12-28-64(54)70-66(53)56)59-24-9-7-19-52(59)48-34-40-60-58(42-48)55-22-14-27-63-65(55)68(60)61-25-10-11-26-62(61)69-63/h1-42H. The van der Waals surface area contributed by atoms with Crippen molar-refractivity contribution in [1.82, 2.24) is 4.57 Å². The first kappa shape index (κ1) is 40.1. The molecule has 0 N–H and O–H groups in total. The molecule has 3 heterocycles. The fourth-order valence-electron chi connectivity index (χ4n) is 10.7. The molecule has 328 valence electrons. The summed E-state index contributed by atoms with van der Waals surface area (Å²) >= 11 is 1.87. The number of ether oxygens (including phenoxy) is 1. The van der Waals surface area contributed by atoms with Gasteiger partial charge < -0.3 is 14.2 Å². The molecule has 2 aromatic heterocycles. The van der Waals surface area contributed by atoms with E-state index in [1.807, 2.05) is 17.4 Å². The van der Waals surface area contributed by atoms with Crippen LogP contribution in [-0.4, -0.2) is 4.57 Å². The Kier molecular flexibility index (Phi) is 9.39. The van der Waals surface area contributed by atoms with Crippen LogP contribution < -0.4 is 9.64 Å². The molecule has 0 aliphatic carbocycles. The minimum Gasteiger partial charge on any atom is -0.453 e. The van der Waals surface area contributed by atoms with Crippen molar-refractivity contribution in [2.45, 2.75) is 0 Å². The van der Waals surface area contributed by atoms with Crippen molar-refractivity contribution < 1.29 is 4.74 Å². The summed E-state index contributed by atoms with van der Waals surface area (Å²) in [6.45, 7) is 0. The Bertz CT molecular complexity index is 4130. The van der Waals surface area contributed by atoms with E-state index >= 15 is 0 Å². The van der Waals surface area contributed by atoms with Crippen molar-refractivity contribution in [3.8, 4) is 72.8 Å². The molecule has 0 saturated carbocycles. The lowest BCUT2D eigenvalue weighted by Crippen LogP contribution is -2.11. The second-order valence-electron chi connectivity index (χ2n) is 18.0. The predicted molar refractivity (Wildman–Crippen MR) is 296 cm³/mol. The Labute approximate surface area is 410 Å². The number of aromatic nitrogens is 1. The molecule has 0 fully saturated rings. The number of nitrogens with zero attached hydrogens (tertiary/aromatic N) is 2. The minimum atomic E-state index is 0.864. The molecule has 0 unspecified atom stereocenters. The molecule has 0 saturated heterocycles. The van der Waals surface area contributed by atoms with E-state index in [1.54, 1.807) is 0 Å².